The zero-order chi connectivity index (χ0) is 12.1. The number of aryl methyl sites for hydroxylation is 1. The maximum atomic E-state index is 3.72. The molecule has 1 nitrogen and oxygen atoms in total. The molecule has 1 aliphatic rings. The van der Waals surface area contributed by atoms with Gasteiger partial charge in [-0.15, -0.1) is 0 Å². The minimum Gasteiger partial charge on any atom is -0.310 e. The predicted molar refractivity (Wildman–Crippen MR) is 77.6 cm³/mol. The summed E-state index contributed by atoms with van der Waals surface area (Å²) in [5.74, 6) is 0. The second kappa shape index (κ2) is 6.46. The normalized spacial score (nSPS) is 24.1. The molecule has 0 aromatic heterocycles. The molecule has 2 atom stereocenters. The molecule has 1 N–H and O–H groups in total. The standard InChI is InChI=1S/C15H23NS/c1-3-12-6-4-5-7-13(12)11-16-14-8-9-15(10-14)17-2/h4-7,14-16H,3,8-11H2,1-2H3. The average Bonchev–Trinajstić information content (AvgIpc) is 2.84. The second-order valence-electron chi connectivity index (χ2n) is 4.87. The third kappa shape index (κ3) is 3.49. The molecule has 0 saturated heterocycles. The molecule has 0 heterocycles. The monoisotopic (exact) mass is 249 g/mol. The van der Waals surface area contributed by atoms with Crippen molar-refractivity contribution in [2.24, 2.45) is 0 Å². The number of hydrogen-bond donors (Lipinski definition) is 1. The Kier molecular flexibility index (Phi) is 4.93. The predicted octanol–water partition coefficient (Wildman–Crippen LogP) is 3.62. The van der Waals surface area contributed by atoms with Crippen molar-refractivity contribution >= 4 is 11.8 Å². The van der Waals surface area contributed by atoms with Gasteiger partial charge in [0.25, 0.3) is 0 Å². The fourth-order valence-corrected chi connectivity index (χ4v) is 3.47. The molecule has 2 unspecified atom stereocenters. The first kappa shape index (κ1) is 13.0. The van der Waals surface area contributed by atoms with Gasteiger partial charge in [-0.25, -0.2) is 0 Å². The van der Waals surface area contributed by atoms with Crippen LogP contribution in [0.5, 0.6) is 0 Å². The van der Waals surface area contributed by atoms with E-state index in [2.05, 4.69) is 42.8 Å². The molecule has 17 heavy (non-hydrogen) atoms. The molecule has 1 aliphatic carbocycles. The lowest BCUT2D eigenvalue weighted by Gasteiger charge is -2.14. The van der Waals surface area contributed by atoms with E-state index in [1.54, 1.807) is 0 Å². The third-order valence-electron chi connectivity index (χ3n) is 3.80. The van der Waals surface area contributed by atoms with Gasteiger partial charge in [0.15, 0.2) is 0 Å². The van der Waals surface area contributed by atoms with Crippen molar-refractivity contribution in [3.8, 4) is 0 Å². The highest BCUT2D eigenvalue weighted by Crippen LogP contribution is 2.28. The Hall–Kier alpha value is -0.470. The maximum absolute atomic E-state index is 3.72. The lowest BCUT2D eigenvalue weighted by Crippen LogP contribution is -2.26. The van der Waals surface area contributed by atoms with Crippen molar-refractivity contribution in [1.29, 1.82) is 0 Å². The topological polar surface area (TPSA) is 12.0 Å². The molecule has 0 aliphatic heterocycles. The van der Waals surface area contributed by atoms with Gasteiger partial charge in [0, 0.05) is 17.8 Å². The van der Waals surface area contributed by atoms with E-state index >= 15 is 0 Å². The fraction of sp³-hybridized carbons (Fsp3) is 0.600. The molecule has 94 valence electrons. The minimum absolute atomic E-state index is 0.734. The van der Waals surface area contributed by atoms with Gasteiger partial charge in [0.1, 0.15) is 0 Å². The van der Waals surface area contributed by atoms with Crippen LogP contribution in [0.3, 0.4) is 0 Å². The molecule has 0 bridgehead atoms. The summed E-state index contributed by atoms with van der Waals surface area (Å²) in [5.41, 5.74) is 2.96. The molecule has 1 aromatic rings. The Labute approximate surface area is 109 Å². The van der Waals surface area contributed by atoms with Crippen LogP contribution in [0.4, 0.5) is 0 Å². The molecule has 1 saturated carbocycles. The lowest BCUT2D eigenvalue weighted by molar-refractivity contribution is 0.524. The first-order valence-corrected chi connectivity index (χ1v) is 7.95. The minimum atomic E-state index is 0.734. The van der Waals surface area contributed by atoms with Gasteiger partial charge in [-0.3, -0.25) is 0 Å². The van der Waals surface area contributed by atoms with Crippen molar-refractivity contribution in [3.05, 3.63) is 35.4 Å². The Morgan fingerprint density at radius 2 is 2.00 bits per heavy atom. The first-order chi connectivity index (χ1) is 8.33. The van der Waals surface area contributed by atoms with E-state index in [1.807, 2.05) is 11.8 Å². The zero-order valence-electron chi connectivity index (χ0n) is 10.9. The zero-order valence-corrected chi connectivity index (χ0v) is 11.7. The van der Waals surface area contributed by atoms with E-state index in [-0.39, 0.29) is 0 Å². The summed E-state index contributed by atoms with van der Waals surface area (Å²) in [6.45, 7) is 3.27. The maximum Gasteiger partial charge on any atom is 0.0210 e. The molecule has 0 amide bonds. The van der Waals surface area contributed by atoms with Crippen molar-refractivity contribution in [2.45, 2.75) is 50.4 Å². The Morgan fingerprint density at radius 3 is 2.65 bits per heavy atom. The number of rotatable bonds is 5. The highest BCUT2D eigenvalue weighted by Gasteiger charge is 2.23. The number of nitrogens with one attached hydrogen (secondary N) is 1. The third-order valence-corrected chi connectivity index (χ3v) is 4.89. The second-order valence-corrected chi connectivity index (χ2v) is 6.01. The smallest absolute Gasteiger partial charge is 0.0210 e. The van der Waals surface area contributed by atoms with Crippen LogP contribution in [0.1, 0.15) is 37.3 Å². The fourth-order valence-electron chi connectivity index (χ4n) is 2.67. The van der Waals surface area contributed by atoms with Gasteiger partial charge >= 0.3 is 0 Å². The SMILES string of the molecule is CCc1ccccc1CNC1CCC(SC)C1. The van der Waals surface area contributed by atoms with E-state index in [0.717, 1.165) is 24.3 Å². The molecule has 2 rings (SSSR count). The van der Waals surface area contributed by atoms with Gasteiger partial charge < -0.3 is 5.32 Å². The van der Waals surface area contributed by atoms with E-state index in [9.17, 15) is 0 Å². The Morgan fingerprint density at radius 1 is 1.24 bits per heavy atom. The highest BCUT2D eigenvalue weighted by molar-refractivity contribution is 7.99. The summed E-state index contributed by atoms with van der Waals surface area (Å²) in [5, 5.41) is 4.61. The van der Waals surface area contributed by atoms with Crippen LogP contribution >= 0.6 is 11.8 Å². The van der Waals surface area contributed by atoms with Crippen LogP contribution in [0.15, 0.2) is 24.3 Å². The first-order valence-electron chi connectivity index (χ1n) is 6.66. The van der Waals surface area contributed by atoms with Gasteiger partial charge in [-0.1, -0.05) is 31.2 Å². The number of benzene rings is 1. The van der Waals surface area contributed by atoms with Crippen LogP contribution < -0.4 is 5.32 Å². The van der Waals surface area contributed by atoms with Crippen LogP contribution in [-0.4, -0.2) is 17.5 Å². The molecular weight excluding hydrogens is 226 g/mol. The Balaban J connectivity index is 1.85. The van der Waals surface area contributed by atoms with Crippen molar-refractivity contribution in [1.82, 2.24) is 5.32 Å². The summed E-state index contributed by atoms with van der Waals surface area (Å²) < 4.78 is 0. The summed E-state index contributed by atoms with van der Waals surface area (Å²) in [6, 6.07) is 9.53. The summed E-state index contributed by atoms with van der Waals surface area (Å²) in [6.07, 6.45) is 7.44. The van der Waals surface area contributed by atoms with Crippen molar-refractivity contribution in [3.63, 3.8) is 0 Å². The largest absolute Gasteiger partial charge is 0.310 e. The average molecular weight is 249 g/mol. The quantitative estimate of drug-likeness (QED) is 0.855. The number of thioether (sulfide) groups is 1. The summed E-state index contributed by atoms with van der Waals surface area (Å²) in [4.78, 5) is 0. The molecule has 2 heteroatoms. The van der Waals surface area contributed by atoms with Crippen LogP contribution in [0, 0.1) is 0 Å². The van der Waals surface area contributed by atoms with Crippen molar-refractivity contribution < 1.29 is 0 Å². The van der Waals surface area contributed by atoms with Gasteiger partial charge in [-0.05, 0) is 43.1 Å². The van der Waals surface area contributed by atoms with Crippen LogP contribution in [-0.2, 0) is 13.0 Å². The van der Waals surface area contributed by atoms with E-state index in [0.29, 0.717) is 0 Å². The van der Waals surface area contributed by atoms with Crippen molar-refractivity contribution in [2.75, 3.05) is 6.26 Å². The molecule has 0 radical (unpaired) electrons. The summed E-state index contributed by atoms with van der Waals surface area (Å²) in [7, 11) is 0. The molecule has 1 aromatic carbocycles. The summed E-state index contributed by atoms with van der Waals surface area (Å²) >= 11 is 2.03. The number of hydrogen-bond acceptors (Lipinski definition) is 2. The highest BCUT2D eigenvalue weighted by atomic mass is 32.2. The van der Waals surface area contributed by atoms with Gasteiger partial charge in [0.2, 0.25) is 0 Å². The van der Waals surface area contributed by atoms with Crippen LogP contribution in [0.2, 0.25) is 0 Å². The van der Waals surface area contributed by atoms with Gasteiger partial charge in [-0.2, -0.15) is 11.8 Å². The lowest BCUT2D eigenvalue weighted by atomic mass is 10.1. The molecule has 0 spiro atoms. The Bertz CT molecular complexity index is 351. The molecule has 1 fully saturated rings. The van der Waals surface area contributed by atoms with E-state index < -0.39 is 0 Å². The molecular formula is C15H23NS. The van der Waals surface area contributed by atoms with E-state index in [4.69, 9.17) is 0 Å². The van der Waals surface area contributed by atoms with Crippen LogP contribution in [0.25, 0.3) is 0 Å². The van der Waals surface area contributed by atoms with E-state index in [1.165, 1.54) is 30.4 Å². The van der Waals surface area contributed by atoms with Gasteiger partial charge in [0.05, 0.1) is 0 Å².